The second-order valence-corrected chi connectivity index (χ2v) is 4.11. The van der Waals surface area contributed by atoms with Crippen molar-refractivity contribution in [2.24, 2.45) is 17.8 Å². The lowest BCUT2D eigenvalue weighted by atomic mass is 9.87. The Balaban J connectivity index is 2.17. The van der Waals surface area contributed by atoms with Gasteiger partial charge in [0.05, 0.1) is 11.5 Å². The molecular weight excluding hydrogens is 160 g/mol. The Hall–Kier alpha value is -0.190. The fourth-order valence-corrected chi connectivity index (χ4v) is 2.93. The average Bonchev–Trinajstić information content (AvgIpc) is 2.53. The predicted octanol–water partition coefficient (Wildman–Crippen LogP) is 1.24. The first-order valence-electron chi connectivity index (χ1n) is 4.02. The smallest absolute Gasteiger partial charge is 0.0735 e. The van der Waals surface area contributed by atoms with Crippen LogP contribution < -0.4 is 0 Å². The van der Waals surface area contributed by atoms with Crippen LogP contribution in [0.15, 0.2) is 0 Å². The summed E-state index contributed by atoms with van der Waals surface area (Å²) in [6.07, 6.45) is 7.05. The summed E-state index contributed by atoms with van der Waals surface area (Å²) in [4.78, 5) is 0. The van der Waals surface area contributed by atoms with Gasteiger partial charge in [-0.15, -0.1) is 23.9 Å². The number of terminal acetylenes is 1. The van der Waals surface area contributed by atoms with Crippen LogP contribution in [0.3, 0.4) is 0 Å². The summed E-state index contributed by atoms with van der Waals surface area (Å²) in [7, 11) is 0. The van der Waals surface area contributed by atoms with E-state index in [4.69, 9.17) is 18.0 Å². The lowest BCUT2D eigenvalue weighted by Gasteiger charge is -2.25. The van der Waals surface area contributed by atoms with E-state index in [1.54, 1.807) is 0 Å². The summed E-state index contributed by atoms with van der Waals surface area (Å²) >= 11 is 5.99. The van der Waals surface area contributed by atoms with Crippen molar-refractivity contribution < 1.29 is 5.11 Å². The summed E-state index contributed by atoms with van der Waals surface area (Å²) < 4.78 is 0. The second-order valence-electron chi connectivity index (χ2n) is 3.60. The van der Waals surface area contributed by atoms with Crippen molar-refractivity contribution in [3.8, 4) is 12.3 Å². The van der Waals surface area contributed by atoms with Gasteiger partial charge in [-0.05, 0) is 24.7 Å². The summed E-state index contributed by atoms with van der Waals surface area (Å²) in [5, 5.41) is 9.41. The molecule has 0 aromatic carbocycles. The highest BCUT2D eigenvalue weighted by molar-refractivity contribution is 6.21. The molecule has 60 valence electrons. The van der Waals surface area contributed by atoms with Gasteiger partial charge >= 0.3 is 0 Å². The highest BCUT2D eigenvalue weighted by Gasteiger charge is 2.50. The molecule has 0 amide bonds. The van der Waals surface area contributed by atoms with Crippen molar-refractivity contribution >= 4 is 11.6 Å². The van der Waals surface area contributed by atoms with Gasteiger partial charge in [-0.2, -0.15) is 0 Å². The lowest BCUT2D eigenvalue weighted by Crippen LogP contribution is -2.32. The van der Waals surface area contributed by atoms with E-state index < -0.39 is 0 Å². The number of aliphatic hydroxyl groups excluding tert-OH is 1. The molecule has 0 aromatic heterocycles. The van der Waals surface area contributed by atoms with Gasteiger partial charge in [0.2, 0.25) is 0 Å². The first kappa shape index (κ1) is 7.46. The molecule has 2 rings (SSSR count). The molecular formula is C9H11ClO. The minimum atomic E-state index is -0.300. The van der Waals surface area contributed by atoms with Crippen molar-refractivity contribution in [1.29, 1.82) is 0 Å². The Morgan fingerprint density at radius 3 is 2.64 bits per heavy atom. The summed E-state index contributed by atoms with van der Waals surface area (Å²) in [6.45, 7) is 0. The Morgan fingerprint density at radius 1 is 1.45 bits per heavy atom. The van der Waals surface area contributed by atoms with Crippen molar-refractivity contribution in [3.63, 3.8) is 0 Å². The van der Waals surface area contributed by atoms with E-state index in [0.29, 0.717) is 17.8 Å². The summed E-state index contributed by atoms with van der Waals surface area (Å²) in [5.41, 5.74) is 0. The van der Waals surface area contributed by atoms with E-state index in [9.17, 15) is 5.11 Å². The normalized spacial score (nSPS) is 54.5. The van der Waals surface area contributed by atoms with Crippen molar-refractivity contribution in [2.75, 3.05) is 0 Å². The van der Waals surface area contributed by atoms with Crippen LogP contribution in [-0.2, 0) is 0 Å². The number of rotatable bonds is 0. The molecule has 0 heterocycles. The molecule has 0 aliphatic heterocycles. The monoisotopic (exact) mass is 170 g/mol. The molecule has 5 atom stereocenters. The number of hydrogen-bond donors (Lipinski definition) is 1. The van der Waals surface area contributed by atoms with Crippen LogP contribution in [0.4, 0.5) is 0 Å². The van der Waals surface area contributed by atoms with Crippen LogP contribution in [0.1, 0.15) is 12.8 Å². The summed E-state index contributed by atoms with van der Waals surface area (Å²) in [5.74, 6) is 3.83. The molecule has 2 saturated carbocycles. The predicted molar refractivity (Wildman–Crippen MR) is 44.2 cm³/mol. The van der Waals surface area contributed by atoms with Gasteiger partial charge in [-0.25, -0.2) is 0 Å². The maximum Gasteiger partial charge on any atom is 0.0735 e. The molecule has 11 heavy (non-hydrogen) atoms. The molecule has 0 saturated heterocycles. The van der Waals surface area contributed by atoms with Gasteiger partial charge in [0.15, 0.2) is 0 Å². The van der Waals surface area contributed by atoms with Crippen LogP contribution in [-0.4, -0.2) is 16.6 Å². The van der Waals surface area contributed by atoms with E-state index >= 15 is 0 Å². The lowest BCUT2D eigenvalue weighted by molar-refractivity contribution is 0.108. The van der Waals surface area contributed by atoms with E-state index in [1.807, 2.05) is 0 Å². The Bertz CT molecular complexity index is 206. The van der Waals surface area contributed by atoms with Gasteiger partial charge in [-0.3, -0.25) is 0 Å². The molecule has 2 heteroatoms. The fraction of sp³-hybridized carbons (Fsp3) is 0.778. The fourth-order valence-electron chi connectivity index (χ4n) is 2.45. The van der Waals surface area contributed by atoms with Crippen molar-refractivity contribution in [2.45, 2.75) is 24.3 Å². The van der Waals surface area contributed by atoms with Crippen LogP contribution in [0.2, 0.25) is 0 Å². The zero-order chi connectivity index (χ0) is 8.01. The molecule has 0 aromatic rings. The number of halogens is 1. The highest BCUT2D eigenvalue weighted by Crippen LogP contribution is 2.50. The van der Waals surface area contributed by atoms with Gasteiger partial charge in [0, 0.05) is 5.92 Å². The topological polar surface area (TPSA) is 20.2 Å². The van der Waals surface area contributed by atoms with E-state index in [2.05, 4.69) is 5.92 Å². The largest absolute Gasteiger partial charge is 0.391 e. The maximum atomic E-state index is 9.50. The van der Waals surface area contributed by atoms with Crippen LogP contribution in [0, 0.1) is 30.1 Å². The third kappa shape index (κ3) is 0.898. The van der Waals surface area contributed by atoms with E-state index in [0.717, 1.165) is 12.8 Å². The summed E-state index contributed by atoms with van der Waals surface area (Å²) in [6, 6.07) is 0. The highest BCUT2D eigenvalue weighted by atomic mass is 35.5. The molecule has 1 nitrogen and oxygen atoms in total. The molecule has 2 aliphatic rings. The van der Waals surface area contributed by atoms with Gasteiger partial charge in [-0.1, -0.05) is 0 Å². The molecule has 5 unspecified atom stereocenters. The molecule has 0 radical (unpaired) electrons. The average molecular weight is 171 g/mol. The quantitative estimate of drug-likeness (QED) is 0.429. The number of aliphatic hydroxyl groups is 1. The number of fused-ring (bicyclic) bond motifs is 2. The zero-order valence-electron chi connectivity index (χ0n) is 6.20. The minimum absolute atomic E-state index is 0.0881. The minimum Gasteiger partial charge on any atom is -0.391 e. The van der Waals surface area contributed by atoms with Gasteiger partial charge < -0.3 is 5.11 Å². The molecule has 2 aliphatic carbocycles. The Labute approximate surface area is 71.7 Å². The Morgan fingerprint density at radius 2 is 2.18 bits per heavy atom. The third-order valence-corrected chi connectivity index (χ3v) is 3.66. The van der Waals surface area contributed by atoms with Crippen molar-refractivity contribution in [3.05, 3.63) is 0 Å². The van der Waals surface area contributed by atoms with E-state index in [1.165, 1.54) is 0 Å². The first-order valence-corrected chi connectivity index (χ1v) is 4.46. The van der Waals surface area contributed by atoms with E-state index in [-0.39, 0.29) is 11.5 Å². The SMILES string of the molecule is C#CC1CC2CC1C(Cl)C2O. The van der Waals surface area contributed by atoms with Gasteiger partial charge in [0.1, 0.15) is 0 Å². The van der Waals surface area contributed by atoms with Crippen LogP contribution in [0.5, 0.6) is 0 Å². The second kappa shape index (κ2) is 2.40. The third-order valence-electron chi connectivity index (χ3n) is 3.08. The number of hydrogen-bond acceptors (Lipinski definition) is 1. The standard InChI is InChI=1S/C9H11ClO/c1-2-5-3-6-4-7(5)8(10)9(6)11/h1,5-9,11H,3-4H2. The molecule has 0 spiro atoms. The maximum absolute atomic E-state index is 9.50. The number of alkyl halides is 1. The van der Waals surface area contributed by atoms with Gasteiger partial charge in [0.25, 0.3) is 0 Å². The van der Waals surface area contributed by atoms with Crippen LogP contribution in [0.25, 0.3) is 0 Å². The molecule has 2 bridgehead atoms. The molecule has 2 fully saturated rings. The van der Waals surface area contributed by atoms with Crippen molar-refractivity contribution in [1.82, 2.24) is 0 Å². The Kier molecular flexibility index (Phi) is 1.63. The zero-order valence-corrected chi connectivity index (χ0v) is 6.96. The van der Waals surface area contributed by atoms with Crippen LogP contribution >= 0.6 is 11.6 Å². The first-order chi connectivity index (χ1) is 5.24. The molecule has 1 N–H and O–H groups in total.